The number of aliphatic carboxylic acids is 1. The first-order valence-electron chi connectivity index (χ1n) is 14.9. The number of carbonyl (C=O) groups is 4. The predicted molar refractivity (Wildman–Crippen MR) is 170 cm³/mol. The first-order chi connectivity index (χ1) is 20.8. The van der Waals surface area contributed by atoms with Gasteiger partial charge in [0.05, 0.1) is 23.0 Å². The van der Waals surface area contributed by atoms with E-state index in [1.807, 2.05) is 6.92 Å². The lowest BCUT2D eigenvalue weighted by atomic mass is 9.83. The fraction of sp³-hybridized carbons (Fsp3) is 0.600. The van der Waals surface area contributed by atoms with Gasteiger partial charge in [0.25, 0.3) is 5.69 Å². The average Bonchev–Trinajstić information content (AvgIpc) is 3.50. The van der Waals surface area contributed by atoms with Crippen molar-refractivity contribution in [2.45, 2.75) is 88.7 Å². The second-order valence-electron chi connectivity index (χ2n) is 13.5. The summed E-state index contributed by atoms with van der Waals surface area (Å²) in [6.45, 7) is 12.5. The van der Waals surface area contributed by atoms with Gasteiger partial charge in [0, 0.05) is 49.3 Å². The molecule has 0 saturated carbocycles. The molecule has 1 aromatic carbocycles. The fourth-order valence-corrected chi connectivity index (χ4v) is 8.71. The number of rotatable bonds is 10. The van der Waals surface area contributed by atoms with E-state index in [4.69, 9.17) is 9.16 Å². The summed E-state index contributed by atoms with van der Waals surface area (Å²) in [6.07, 6.45) is -0.446. The van der Waals surface area contributed by atoms with Crippen LogP contribution in [0.2, 0.25) is 18.1 Å². The van der Waals surface area contributed by atoms with Crippen LogP contribution in [0.3, 0.4) is 0 Å². The molecule has 0 bridgehead atoms. The third kappa shape index (κ3) is 6.89. The average molecular weight is 663 g/mol. The van der Waals surface area contributed by atoms with Gasteiger partial charge in [0.1, 0.15) is 18.3 Å². The number of fused-ring (bicyclic) bond motifs is 1. The maximum atomic E-state index is 13.3. The van der Waals surface area contributed by atoms with Crippen LogP contribution in [-0.4, -0.2) is 101 Å². The Morgan fingerprint density at radius 3 is 2.36 bits per heavy atom. The summed E-state index contributed by atoms with van der Waals surface area (Å²) in [4.78, 5) is 67.0. The van der Waals surface area contributed by atoms with E-state index in [0.29, 0.717) is 16.9 Å². The van der Waals surface area contributed by atoms with Gasteiger partial charge < -0.3 is 24.1 Å². The van der Waals surface area contributed by atoms with Gasteiger partial charge in [0.2, 0.25) is 11.8 Å². The van der Waals surface area contributed by atoms with Crippen LogP contribution < -0.4 is 0 Å². The molecular weight excluding hydrogens is 621 g/mol. The van der Waals surface area contributed by atoms with Crippen LogP contribution in [0.1, 0.15) is 46.1 Å². The Morgan fingerprint density at radius 2 is 1.82 bits per heavy atom. The molecule has 4 rings (SSSR count). The highest BCUT2D eigenvalue weighted by atomic mass is 32.2. The quantitative estimate of drug-likeness (QED) is 0.164. The molecule has 3 aliphatic heterocycles. The Balaban J connectivity index is 1.47. The van der Waals surface area contributed by atoms with E-state index in [-0.39, 0.29) is 65.2 Å². The summed E-state index contributed by atoms with van der Waals surface area (Å²) >= 11 is 1.29. The Labute approximate surface area is 268 Å². The van der Waals surface area contributed by atoms with Crippen molar-refractivity contribution >= 4 is 49.6 Å². The number of carboxylic acids is 1. The molecular formula is C30H42N4O9SSi. The molecule has 5 atom stereocenters. The normalized spacial score (nSPS) is 23.9. The molecule has 2 saturated heterocycles. The highest BCUT2D eigenvalue weighted by Gasteiger charge is 2.58. The lowest BCUT2D eigenvalue weighted by Gasteiger charge is -2.48. The number of ether oxygens (including phenoxy) is 1. The molecule has 3 amide bonds. The molecule has 0 aromatic heterocycles. The largest absolute Gasteiger partial charge is 0.477 e. The second kappa shape index (κ2) is 12.8. The minimum Gasteiger partial charge on any atom is -0.477 e. The number of nitrogens with zero attached hydrogens (tertiary/aromatic N) is 4. The summed E-state index contributed by atoms with van der Waals surface area (Å²) in [7, 11) is 1.01. The number of thioether (sulfide) groups is 1. The number of likely N-dealkylation sites (N-methyl/N-ethyl adjacent to an activating group) is 1. The van der Waals surface area contributed by atoms with Crippen LogP contribution in [0.4, 0.5) is 10.5 Å². The van der Waals surface area contributed by atoms with Crippen LogP contribution in [0.15, 0.2) is 34.9 Å². The van der Waals surface area contributed by atoms with Gasteiger partial charge in [-0.25, -0.2) is 9.59 Å². The smallest absolute Gasteiger partial charge is 0.410 e. The van der Waals surface area contributed by atoms with E-state index in [0.717, 1.165) is 0 Å². The van der Waals surface area contributed by atoms with Crippen molar-refractivity contribution in [2.75, 3.05) is 20.6 Å². The molecule has 45 heavy (non-hydrogen) atoms. The minimum atomic E-state index is -2.17. The molecule has 1 aromatic rings. The van der Waals surface area contributed by atoms with Gasteiger partial charge >= 0.3 is 12.1 Å². The van der Waals surface area contributed by atoms with Crippen molar-refractivity contribution in [3.63, 3.8) is 0 Å². The van der Waals surface area contributed by atoms with Crippen LogP contribution >= 0.6 is 11.8 Å². The predicted octanol–water partition coefficient (Wildman–Crippen LogP) is 4.43. The SMILES string of the molecule is C[C@@H](O[Si](C)(C)C(C)(C)C)[C@H]1C(=O)N2C(C(=O)O)=C(S[C@H]3C[C@@H](C(=O)N(C)C)N(C(=O)OCc4ccc([N+](=O)[O-])cc4)C3)C[C@@H]12. The zero-order chi connectivity index (χ0) is 33.6. The number of amides is 3. The lowest BCUT2D eigenvalue weighted by molar-refractivity contribution is -0.384. The molecule has 0 radical (unpaired) electrons. The number of carbonyl (C=O) groups excluding carboxylic acids is 3. The van der Waals surface area contributed by atoms with E-state index in [1.54, 1.807) is 14.1 Å². The van der Waals surface area contributed by atoms with Crippen molar-refractivity contribution in [3.05, 3.63) is 50.5 Å². The summed E-state index contributed by atoms with van der Waals surface area (Å²) in [5.41, 5.74) is 0.422. The van der Waals surface area contributed by atoms with Gasteiger partial charge in [-0.15, -0.1) is 11.8 Å². The van der Waals surface area contributed by atoms with Gasteiger partial charge in [-0.2, -0.15) is 0 Å². The van der Waals surface area contributed by atoms with Crippen molar-refractivity contribution in [1.29, 1.82) is 0 Å². The molecule has 0 spiro atoms. The molecule has 3 aliphatic rings. The third-order valence-corrected chi connectivity index (χ3v) is 15.1. The maximum absolute atomic E-state index is 13.3. The molecule has 0 aliphatic carbocycles. The highest BCUT2D eigenvalue weighted by Crippen LogP contribution is 2.50. The Bertz CT molecular complexity index is 1410. The third-order valence-electron chi connectivity index (χ3n) is 9.20. The van der Waals surface area contributed by atoms with Crippen LogP contribution in [-0.2, 0) is 30.2 Å². The number of hydrogen-bond acceptors (Lipinski definition) is 9. The molecule has 13 nitrogen and oxygen atoms in total. The number of likely N-dealkylation sites (tertiary alicyclic amines) is 1. The number of nitro benzene ring substituents is 1. The Hall–Kier alpha value is -3.43. The summed E-state index contributed by atoms with van der Waals surface area (Å²) in [5, 5.41) is 20.7. The van der Waals surface area contributed by atoms with E-state index in [9.17, 15) is 34.4 Å². The number of benzene rings is 1. The first kappa shape index (κ1) is 34.4. The number of hydrogen-bond donors (Lipinski definition) is 1. The topological polar surface area (TPSA) is 160 Å². The molecule has 1 N–H and O–H groups in total. The number of non-ortho nitro benzene ring substituents is 1. The summed E-state index contributed by atoms with van der Waals surface area (Å²) in [5.74, 6) is -2.20. The Morgan fingerprint density at radius 1 is 1.20 bits per heavy atom. The van der Waals surface area contributed by atoms with Crippen molar-refractivity contribution in [3.8, 4) is 0 Å². The zero-order valence-electron chi connectivity index (χ0n) is 26.9. The molecule has 246 valence electrons. The van der Waals surface area contributed by atoms with E-state index >= 15 is 0 Å². The van der Waals surface area contributed by atoms with Crippen molar-refractivity contribution in [2.24, 2.45) is 5.92 Å². The van der Waals surface area contributed by atoms with Gasteiger partial charge in [-0.1, -0.05) is 20.8 Å². The summed E-state index contributed by atoms with van der Waals surface area (Å²) < 4.78 is 12.0. The van der Waals surface area contributed by atoms with Crippen molar-refractivity contribution in [1.82, 2.24) is 14.7 Å². The van der Waals surface area contributed by atoms with Crippen LogP contribution in [0.5, 0.6) is 0 Å². The summed E-state index contributed by atoms with van der Waals surface area (Å²) in [6, 6.07) is 4.48. The zero-order valence-corrected chi connectivity index (χ0v) is 28.8. The second-order valence-corrected chi connectivity index (χ2v) is 19.7. The number of carboxylic acid groups (broad SMARTS) is 1. The molecule has 0 unspecified atom stereocenters. The van der Waals surface area contributed by atoms with Crippen LogP contribution in [0, 0.1) is 16.0 Å². The van der Waals surface area contributed by atoms with Crippen LogP contribution in [0.25, 0.3) is 0 Å². The molecule has 2 fully saturated rings. The van der Waals surface area contributed by atoms with Crippen molar-refractivity contribution < 1.29 is 38.4 Å². The van der Waals surface area contributed by atoms with E-state index < -0.39 is 37.3 Å². The fourth-order valence-electron chi connectivity index (χ4n) is 5.80. The van der Waals surface area contributed by atoms with Gasteiger partial charge in [0.15, 0.2) is 8.32 Å². The Kier molecular flexibility index (Phi) is 9.76. The van der Waals surface area contributed by atoms with E-state index in [1.165, 1.54) is 50.7 Å². The monoisotopic (exact) mass is 662 g/mol. The number of β-lactam (4-membered cyclic amide) rings is 1. The molecule has 15 heteroatoms. The first-order valence-corrected chi connectivity index (χ1v) is 18.6. The standard InChI is InChI=1S/C30H42N4O9SSi/c1-17(43-45(7,8)30(2,3)4)24-21-14-23(25(28(37)38)33(21)27(24)36)44-20-13-22(26(35)31(5)6)32(15-20)29(39)42-16-18-9-11-19(12-10-18)34(40)41/h9-12,17,20-22,24H,13-16H2,1-8H3,(H,37,38)/t17-,20+,21+,22+,24-/m1/s1. The number of nitro groups is 1. The van der Waals surface area contributed by atoms with Gasteiger partial charge in [-0.05, 0) is 49.2 Å². The van der Waals surface area contributed by atoms with E-state index in [2.05, 4.69) is 33.9 Å². The minimum absolute atomic E-state index is 0.0412. The maximum Gasteiger partial charge on any atom is 0.410 e. The molecule has 3 heterocycles. The van der Waals surface area contributed by atoms with Gasteiger partial charge in [-0.3, -0.25) is 24.6 Å². The lowest BCUT2D eigenvalue weighted by Crippen LogP contribution is -2.63. The highest BCUT2D eigenvalue weighted by molar-refractivity contribution is 8.03.